The van der Waals surface area contributed by atoms with Crippen LogP contribution in [0.3, 0.4) is 0 Å². The summed E-state index contributed by atoms with van der Waals surface area (Å²) in [6.45, 7) is 0.241. The number of benzene rings is 2. The molecule has 0 aromatic heterocycles. The number of amides is 1. The molecular weight excluding hydrogens is 322 g/mol. The van der Waals surface area contributed by atoms with Crippen molar-refractivity contribution in [3.05, 3.63) is 53.6 Å². The van der Waals surface area contributed by atoms with Crippen molar-refractivity contribution >= 4 is 17.4 Å². The Kier molecular flexibility index (Phi) is 4.58. The minimum atomic E-state index is -0.962. The molecule has 0 saturated carbocycles. The van der Waals surface area contributed by atoms with E-state index in [0.29, 0.717) is 22.6 Å². The molecule has 0 aliphatic carbocycles. The molecule has 1 unspecified atom stereocenters. The highest BCUT2D eigenvalue weighted by Crippen LogP contribution is 2.25. The molecule has 0 spiro atoms. The lowest BCUT2D eigenvalue weighted by Crippen LogP contribution is -2.42. The molecule has 25 heavy (non-hydrogen) atoms. The van der Waals surface area contributed by atoms with E-state index in [-0.39, 0.29) is 30.4 Å². The smallest absolute Gasteiger partial charge is 0.256 e. The molecule has 0 saturated heterocycles. The number of hydrogen-bond donors (Lipinski definition) is 4. The second-order valence-corrected chi connectivity index (χ2v) is 5.92. The highest BCUT2D eigenvalue weighted by Gasteiger charge is 2.22. The number of aliphatic hydroxyl groups excluding tert-OH is 1. The van der Waals surface area contributed by atoms with Crippen LogP contribution in [0.5, 0.6) is 11.5 Å². The zero-order chi connectivity index (χ0) is 18.0. The fraction of sp³-hybridized carbons (Fsp3) is 0.222. The fourth-order valence-electron chi connectivity index (χ4n) is 2.68. The van der Waals surface area contributed by atoms with E-state index in [2.05, 4.69) is 10.3 Å². The summed E-state index contributed by atoms with van der Waals surface area (Å²) in [7, 11) is 1.67. The molecule has 130 valence electrons. The number of carbonyl (C=O) groups is 1. The zero-order valence-corrected chi connectivity index (χ0v) is 13.7. The number of aliphatic imine (C=N–C) groups is 1. The fourth-order valence-corrected chi connectivity index (χ4v) is 2.68. The Labute approximate surface area is 144 Å². The lowest BCUT2D eigenvalue weighted by molar-refractivity contribution is 0.0814. The van der Waals surface area contributed by atoms with Crippen molar-refractivity contribution in [1.82, 2.24) is 10.2 Å². The lowest BCUT2D eigenvalue weighted by atomic mass is 10.1. The number of hydrogen-bond acceptors (Lipinski definition) is 6. The van der Waals surface area contributed by atoms with Gasteiger partial charge in [0.05, 0.1) is 17.8 Å². The van der Waals surface area contributed by atoms with E-state index in [9.17, 15) is 20.1 Å². The number of amidine groups is 1. The summed E-state index contributed by atoms with van der Waals surface area (Å²) in [5, 5.41) is 32.0. The summed E-state index contributed by atoms with van der Waals surface area (Å²) < 4.78 is 0. The van der Waals surface area contributed by atoms with Crippen molar-refractivity contribution < 1.29 is 20.1 Å². The van der Waals surface area contributed by atoms with Crippen LogP contribution < -0.4 is 5.32 Å². The number of fused-ring (bicyclic) bond motifs is 1. The predicted molar refractivity (Wildman–Crippen MR) is 93.1 cm³/mol. The van der Waals surface area contributed by atoms with Crippen molar-refractivity contribution in [2.45, 2.75) is 12.6 Å². The summed E-state index contributed by atoms with van der Waals surface area (Å²) in [5.41, 5.74) is 1.71. The van der Waals surface area contributed by atoms with Crippen molar-refractivity contribution in [1.29, 1.82) is 0 Å². The van der Waals surface area contributed by atoms with Gasteiger partial charge in [-0.1, -0.05) is 18.2 Å². The SMILES string of the molecule is CN1CC(NC(O)Cc2ccc(O)c(O)c2)=Nc2ccccc2C1=O. The van der Waals surface area contributed by atoms with Gasteiger partial charge in [-0.15, -0.1) is 0 Å². The first-order valence-corrected chi connectivity index (χ1v) is 7.81. The van der Waals surface area contributed by atoms with E-state index >= 15 is 0 Å². The van der Waals surface area contributed by atoms with Gasteiger partial charge in [-0.05, 0) is 29.8 Å². The Morgan fingerprint density at radius 3 is 2.72 bits per heavy atom. The van der Waals surface area contributed by atoms with Crippen molar-refractivity contribution in [3.8, 4) is 11.5 Å². The van der Waals surface area contributed by atoms with Gasteiger partial charge in [0.25, 0.3) is 5.91 Å². The molecule has 1 amide bonds. The molecule has 0 fully saturated rings. The quantitative estimate of drug-likeness (QED) is 0.498. The number of aromatic hydroxyl groups is 2. The molecule has 1 heterocycles. The highest BCUT2D eigenvalue weighted by atomic mass is 16.3. The number of para-hydroxylation sites is 1. The average Bonchev–Trinajstić information content (AvgIpc) is 2.68. The van der Waals surface area contributed by atoms with Crippen LogP contribution in [0.4, 0.5) is 5.69 Å². The van der Waals surface area contributed by atoms with Gasteiger partial charge in [-0.3, -0.25) is 4.79 Å². The Morgan fingerprint density at radius 1 is 1.20 bits per heavy atom. The number of phenolic OH excluding ortho intramolecular Hbond substituents is 2. The third-order valence-electron chi connectivity index (χ3n) is 3.93. The van der Waals surface area contributed by atoms with E-state index in [0.717, 1.165) is 0 Å². The van der Waals surface area contributed by atoms with Crippen LogP contribution in [0.2, 0.25) is 0 Å². The molecule has 7 nitrogen and oxygen atoms in total. The number of aliphatic hydroxyl groups is 1. The standard InChI is InChI=1S/C18H19N3O4/c1-21-10-16(19-13-5-3-2-4-12(13)18(21)25)20-17(24)9-11-6-7-14(22)15(23)8-11/h2-8,17,22-24H,9-10H2,1H3,(H,19,20). The largest absolute Gasteiger partial charge is 0.504 e. The maximum atomic E-state index is 12.3. The Morgan fingerprint density at radius 2 is 1.96 bits per heavy atom. The molecule has 1 aliphatic heterocycles. The molecule has 4 N–H and O–H groups in total. The topological polar surface area (TPSA) is 105 Å². The van der Waals surface area contributed by atoms with Crippen LogP contribution in [-0.4, -0.2) is 51.8 Å². The maximum Gasteiger partial charge on any atom is 0.256 e. The van der Waals surface area contributed by atoms with Gasteiger partial charge >= 0.3 is 0 Å². The van der Waals surface area contributed by atoms with Gasteiger partial charge in [-0.2, -0.15) is 0 Å². The maximum absolute atomic E-state index is 12.3. The van der Waals surface area contributed by atoms with Crippen LogP contribution in [0.15, 0.2) is 47.5 Å². The van der Waals surface area contributed by atoms with Gasteiger partial charge in [0.15, 0.2) is 11.5 Å². The van der Waals surface area contributed by atoms with Gasteiger partial charge in [-0.25, -0.2) is 4.99 Å². The number of carbonyl (C=O) groups excluding carboxylic acids is 1. The van der Waals surface area contributed by atoms with Crippen LogP contribution in [-0.2, 0) is 6.42 Å². The molecule has 7 heteroatoms. The monoisotopic (exact) mass is 341 g/mol. The van der Waals surface area contributed by atoms with E-state index in [4.69, 9.17) is 0 Å². The summed E-state index contributed by atoms with van der Waals surface area (Å²) in [5.74, 6) is -0.114. The molecule has 1 atom stereocenters. The van der Waals surface area contributed by atoms with Gasteiger partial charge in [0, 0.05) is 13.5 Å². The summed E-state index contributed by atoms with van der Waals surface area (Å²) >= 11 is 0. The van der Waals surface area contributed by atoms with Crippen LogP contribution >= 0.6 is 0 Å². The number of phenols is 2. The minimum Gasteiger partial charge on any atom is -0.504 e. The van der Waals surface area contributed by atoms with Crippen molar-refractivity contribution in [2.24, 2.45) is 4.99 Å². The van der Waals surface area contributed by atoms with E-state index < -0.39 is 6.23 Å². The Hall–Kier alpha value is -3.06. The molecule has 2 aromatic rings. The third kappa shape index (κ3) is 3.72. The first-order valence-electron chi connectivity index (χ1n) is 7.81. The summed E-state index contributed by atoms with van der Waals surface area (Å²) in [6.07, 6.45) is -0.761. The zero-order valence-electron chi connectivity index (χ0n) is 13.7. The highest BCUT2D eigenvalue weighted by molar-refractivity contribution is 6.04. The predicted octanol–water partition coefficient (Wildman–Crippen LogP) is 1.36. The third-order valence-corrected chi connectivity index (χ3v) is 3.93. The first kappa shape index (κ1) is 16.8. The Balaban J connectivity index is 1.76. The van der Waals surface area contributed by atoms with Gasteiger partial charge in [0.1, 0.15) is 12.1 Å². The molecule has 2 aromatic carbocycles. The number of likely N-dealkylation sites (N-methyl/N-ethyl adjacent to an activating group) is 1. The second-order valence-electron chi connectivity index (χ2n) is 5.92. The normalized spacial score (nSPS) is 15.2. The van der Waals surface area contributed by atoms with Gasteiger partial charge in [0.2, 0.25) is 0 Å². The molecule has 1 aliphatic rings. The molecule has 0 radical (unpaired) electrons. The van der Waals surface area contributed by atoms with E-state index in [1.54, 1.807) is 37.4 Å². The number of rotatable bonds is 3. The average molecular weight is 341 g/mol. The Bertz CT molecular complexity index is 835. The molecular formula is C18H19N3O4. The van der Waals surface area contributed by atoms with Crippen LogP contribution in [0.1, 0.15) is 15.9 Å². The van der Waals surface area contributed by atoms with Crippen LogP contribution in [0, 0.1) is 0 Å². The van der Waals surface area contributed by atoms with Crippen molar-refractivity contribution in [3.63, 3.8) is 0 Å². The molecule has 0 bridgehead atoms. The number of nitrogens with one attached hydrogen (secondary N) is 1. The van der Waals surface area contributed by atoms with E-state index in [1.807, 2.05) is 0 Å². The summed E-state index contributed by atoms with van der Waals surface area (Å²) in [4.78, 5) is 18.3. The first-order chi connectivity index (χ1) is 11.9. The van der Waals surface area contributed by atoms with Crippen LogP contribution in [0.25, 0.3) is 0 Å². The van der Waals surface area contributed by atoms with E-state index in [1.165, 1.54) is 17.0 Å². The summed E-state index contributed by atoms with van der Waals surface area (Å²) in [6, 6.07) is 11.4. The lowest BCUT2D eigenvalue weighted by Gasteiger charge is -2.19. The number of nitrogens with zero attached hydrogens (tertiary/aromatic N) is 2. The molecule has 3 rings (SSSR count). The van der Waals surface area contributed by atoms with Crippen molar-refractivity contribution in [2.75, 3.05) is 13.6 Å². The van der Waals surface area contributed by atoms with Gasteiger partial charge < -0.3 is 25.5 Å². The minimum absolute atomic E-state index is 0.130. The second kappa shape index (κ2) is 6.82.